The van der Waals surface area contributed by atoms with Gasteiger partial charge in [0.2, 0.25) is 0 Å². The number of carbonyl (C=O) groups is 1. The Balaban J connectivity index is 1.64. The quantitative estimate of drug-likeness (QED) is 0.395. The third-order valence-corrected chi connectivity index (χ3v) is 6.50. The molecule has 1 amide bonds. The molecule has 2 heterocycles. The van der Waals surface area contributed by atoms with Crippen molar-refractivity contribution >= 4 is 11.6 Å². The number of nitrogens with zero attached hydrogens (tertiary/aromatic N) is 2. The van der Waals surface area contributed by atoms with E-state index in [-0.39, 0.29) is 29.2 Å². The van der Waals surface area contributed by atoms with Crippen molar-refractivity contribution in [3.05, 3.63) is 65.0 Å². The fraction of sp³-hybridized carbons (Fsp3) is 0.385. The van der Waals surface area contributed by atoms with Crippen LogP contribution in [0.3, 0.4) is 0 Å². The predicted octanol–water partition coefficient (Wildman–Crippen LogP) is 5.33. The fourth-order valence-corrected chi connectivity index (χ4v) is 4.51. The second kappa shape index (κ2) is 10.0. The SMILES string of the molecule is CCC(F)(F)c1cccc(NC(=O)c2c(C)nc(-c3ccc(OC)c(C4CCNCC4)c3)n2O)c1. The average molecular weight is 485 g/mol. The summed E-state index contributed by atoms with van der Waals surface area (Å²) in [7, 11) is 1.63. The Morgan fingerprint density at radius 3 is 2.69 bits per heavy atom. The number of ether oxygens (including phenoxy) is 1. The number of carbonyl (C=O) groups excluding carboxylic acids is 1. The summed E-state index contributed by atoms with van der Waals surface area (Å²) in [5.74, 6) is -2.34. The number of anilines is 1. The van der Waals surface area contributed by atoms with E-state index in [0.717, 1.165) is 42.0 Å². The van der Waals surface area contributed by atoms with Crippen LogP contribution in [0.25, 0.3) is 11.4 Å². The van der Waals surface area contributed by atoms with Gasteiger partial charge in [-0.2, -0.15) is 4.73 Å². The summed E-state index contributed by atoms with van der Waals surface area (Å²) in [4.78, 5) is 17.4. The summed E-state index contributed by atoms with van der Waals surface area (Å²) in [6.07, 6.45) is 1.59. The minimum Gasteiger partial charge on any atom is -0.496 e. The van der Waals surface area contributed by atoms with Crippen molar-refractivity contribution in [3.8, 4) is 17.1 Å². The first kappa shape index (κ1) is 24.7. The van der Waals surface area contributed by atoms with Gasteiger partial charge in [0, 0.05) is 23.2 Å². The Kier molecular flexibility index (Phi) is 7.07. The third kappa shape index (κ3) is 5.00. The lowest BCUT2D eigenvalue weighted by Crippen LogP contribution is -2.26. The number of aromatic nitrogens is 2. The molecule has 186 valence electrons. The molecule has 0 spiro atoms. The highest BCUT2D eigenvalue weighted by Crippen LogP contribution is 2.36. The maximum atomic E-state index is 14.1. The molecule has 0 unspecified atom stereocenters. The van der Waals surface area contributed by atoms with Crippen LogP contribution >= 0.6 is 0 Å². The molecule has 1 aliphatic heterocycles. The fourth-order valence-electron chi connectivity index (χ4n) is 4.51. The number of nitrogens with one attached hydrogen (secondary N) is 2. The lowest BCUT2D eigenvalue weighted by atomic mass is 9.88. The van der Waals surface area contributed by atoms with Gasteiger partial charge in [-0.3, -0.25) is 4.79 Å². The minimum absolute atomic E-state index is 0.0631. The number of methoxy groups -OCH3 is 1. The number of piperidine rings is 1. The number of hydrogen-bond donors (Lipinski definition) is 3. The van der Waals surface area contributed by atoms with E-state index in [1.807, 2.05) is 12.1 Å². The first-order valence-corrected chi connectivity index (χ1v) is 11.7. The van der Waals surface area contributed by atoms with Crippen LogP contribution in [0.4, 0.5) is 14.5 Å². The maximum absolute atomic E-state index is 14.1. The summed E-state index contributed by atoms with van der Waals surface area (Å²) in [6.45, 7) is 4.85. The second-order valence-corrected chi connectivity index (χ2v) is 8.76. The second-order valence-electron chi connectivity index (χ2n) is 8.76. The first-order chi connectivity index (χ1) is 16.7. The zero-order chi connectivity index (χ0) is 25.2. The zero-order valence-corrected chi connectivity index (χ0v) is 20.1. The standard InChI is InChI=1S/C26H30F2N4O3/c1-4-26(27,28)19-6-5-7-20(15-19)31-25(33)23-16(2)30-24(32(23)34)18-8-9-22(35-3)21(14-18)17-10-12-29-13-11-17/h5-9,14-15,17,29,34H,4,10-13H2,1-3H3,(H,31,33). The van der Waals surface area contributed by atoms with Crippen LogP contribution in [0.5, 0.6) is 5.75 Å². The van der Waals surface area contributed by atoms with Crippen molar-refractivity contribution in [2.75, 3.05) is 25.5 Å². The third-order valence-electron chi connectivity index (χ3n) is 6.50. The van der Waals surface area contributed by atoms with Gasteiger partial charge in [0.05, 0.1) is 12.8 Å². The maximum Gasteiger partial charge on any atom is 0.277 e. The van der Waals surface area contributed by atoms with E-state index >= 15 is 0 Å². The van der Waals surface area contributed by atoms with Crippen molar-refractivity contribution in [1.29, 1.82) is 0 Å². The molecular formula is C26H30F2N4O3. The molecule has 3 N–H and O–H groups in total. The van der Waals surface area contributed by atoms with E-state index in [9.17, 15) is 18.8 Å². The Morgan fingerprint density at radius 1 is 1.26 bits per heavy atom. The lowest BCUT2D eigenvalue weighted by Gasteiger charge is -2.25. The molecular weight excluding hydrogens is 454 g/mol. The number of amides is 1. The molecule has 7 nitrogen and oxygen atoms in total. The van der Waals surface area contributed by atoms with E-state index in [2.05, 4.69) is 15.6 Å². The van der Waals surface area contributed by atoms with Crippen molar-refractivity contribution < 1.29 is 23.5 Å². The van der Waals surface area contributed by atoms with E-state index in [0.29, 0.717) is 17.2 Å². The zero-order valence-electron chi connectivity index (χ0n) is 20.1. The van der Waals surface area contributed by atoms with Gasteiger partial charge >= 0.3 is 0 Å². The Hall–Kier alpha value is -3.46. The van der Waals surface area contributed by atoms with Crippen molar-refractivity contribution in [2.24, 2.45) is 0 Å². The van der Waals surface area contributed by atoms with Gasteiger partial charge in [0.1, 0.15) is 5.75 Å². The number of aryl methyl sites for hydroxylation is 1. The summed E-state index contributed by atoms with van der Waals surface area (Å²) in [6, 6.07) is 11.1. The van der Waals surface area contributed by atoms with Crippen LogP contribution in [-0.2, 0) is 5.92 Å². The molecule has 0 atom stereocenters. The Bertz CT molecular complexity index is 1220. The molecule has 0 bridgehead atoms. The molecule has 1 saturated heterocycles. The van der Waals surface area contributed by atoms with Crippen molar-refractivity contribution in [2.45, 2.75) is 45.0 Å². The molecule has 9 heteroatoms. The number of hydrogen-bond acceptors (Lipinski definition) is 5. The number of imidazole rings is 1. The van der Waals surface area contributed by atoms with E-state index in [1.165, 1.54) is 31.2 Å². The number of benzene rings is 2. The van der Waals surface area contributed by atoms with Crippen LogP contribution in [0.15, 0.2) is 42.5 Å². The highest BCUT2D eigenvalue weighted by Gasteiger charge is 2.29. The van der Waals surface area contributed by atoms with Gasteiger partial charge in [-0.15, -0.1) is 0 Å². The molecule has 0 radical (unpaired) electrons. The first-order valence-electron chi connectivity index (χ1n) is 11.7. The molecule has 1 aromatic heterocycles. The van der Waals surface area contributed by atoms with Crippen LogP contribution in [0, 0.1) is 6.92 Å². The highest BCUT2D eigenvalue weighted by molar-refractivity contribution is 6.04. The molecule has 1 fully saturated rings. The van der Waals surface area contributed by atoms with Gasteiger partial charge in [-0.25, -0.2) is 13.8 Å². The number of rotatable bonds is 7. The van der Waals surface area contributed by atoms with Crippen molar-refractivity contribution in [3.63, 3.8) is 0 Å². The summed E-state index contributed by atoms with van der Waals surface area (Å²) >= 11 is 0. The largest absolute Gasteiger partial charge is 0.496 e. The van der Waals surface area contributed by atoms with Gasteiger partial charge in [0.25, 0.3) is 11.8 Å². The normalized spacial score (nSPS) is 14.7. The van der Waals surface area contributed by atoms with E-state index in [1.54, 1.807) is 20.1 Å². The summed E-state index contributed by atoms with van der Waals surface area (Å²) in [5, 5.41) is 16.8. The summed E-state index contributed by atoms with van der Waals surface area (Å²) in [5.41, 5.74) is 1.96. The van der Waals surface area contributed by atoms with E-state index in [4.69, 9.17) is 4.74 Å². The molecule has 3 aromatic rings. The van der Waals surface area contributed by atoms with Crippen LogP contribution < -0.4 is 15.4 Å². The van der Waals surface area contributed by atoms with Gasteiger partial charge in [0.15, 0.2) is 11.5 Å². The van der Waals surface area contributed by atoms with Crippen molar-refractivity contribution in [1.82, 2.24) is 15.0 Å². The Labute approximate surface area is 203 Å². The smallest absolute Gasteiger partial charge is 0.277 e. The van der Waals surface area contributed by atoms with Gasteiger partial charge in [-0.05, 0) is 74.7 Å². The summed E-state index contributed by atoms with van der Waals surface area (Å²) < 4.78 is 34.5. The topological polar surface area (TPSA) is 88.4 Å². The predicted molar refractivity (Wildman–Crippen MR) is 130 cm³/mol. The molecule has 0 saturated carbocycles. The molecule has 1 aliphatic rings. The lowest BCUT2D eigenvalue weighted by molar-refractivity contribution is -0.00824. The monoisotopic (exact) mass is 484 g/mol. The Morgan fingerprint density at radius 2 is 2.00 bits per heavy atom. The molecule has 35 heavy (non-hydrogen) atoms. The van der Waals surface area contributed by atoms with Crippen LogP contribution in [0.1, 0.15) is 59.4 Å². The molecule has 2 aromatic carbocycles. The van der Waals surface area contributed by atoms with Crippen LogP contribution in [0.2, 0.25) is 0 Å². The van der Waals surface area contributed by atoms with Crippen LogP contribution in [-0.4, -0.2) is 41.0 Å². The average Bonchev–Trinajstić information content (AvgIpc) is 3.18. The van der Waals surface area contributed by atoms with Gasteiger partial charge < -0.3 is 20.6 Å². The number of alkyl halides is 2. The minimum atomic E-state index is -3.00. The molecule has 0 aliphatic carbocycles. The molecule has 4 rings (SSSR count). The van der Waals surface area contributed by atoms with E-state index < -0.39 is 11.8 Å². The number of halogens is 2. The van der Waals surface area contributed by atoms with Gasteiger partial charge in [-0.1, -0.05) is 19.1 Å². The highest BCUT2D eigenvalue weighted by atomic mass is 19.3.